The van der Waals surface area contributed by atoms with E-state index in [0.29, 0.717) is 12.1 Å². The number of halogens is 6. The standard InChI is InChI=1S/C11H3Cl3F3N/c12-5-2-6(13)11(14)18-10(5)4-1-8(16)9(17)3-7(4)15/h1-3H. The van der Waals surface area contributed by atoms with Crippen molar-refractivity contribution in [2.75, 3.05) is 0 Å². The van der Waals surface area contributed by atoms with Gasteiger partial charge >= 0.3 is 0 Å². The summed E-state index contributed by atoms with van der Waals surface area (Å²) in [6.07, 6.45) is 0. The fourth-order valence-corrected chi connectivity index (χ4v) is 1.94. The van der Waals surface area contributed by atoms with Gasteiger partial charge < -0.3 is 0 Å². The maximum atomic E-state index is 13.5. The molecule has 0 saturated carbocycles. The van der Waals surface area contributed by atoms with Crippen LogP contribution in [0.2, 0.25) is 15.2 Å². The van der Waals surface area contributed by atoms with E-state index in [2.05, 4.69) is 4.98 Å². The Kier molecular flexibility index (Phi) is 3.71. The first-order valence-electron chi connectivity index (χ1n) is 4.56. The molecule has 1 nitrogen and oxygen atoms in total. The molecule has 1 aromatic carbocycles. The molecule has 0 amide bonds. The first-order valence-corrected chi connectivity index (χ1v) is 5.70. The smallest absolute Gasteiger partial charge is 0.161 e. The summed E-state index contributed by atoms with van der Waals surface area (Å²) in [6, 6.07) is 2.31. The SMILES string of the molecule is Fc1cc(F)c(-c2nc(Cl)c(Cl)cc2Cl)cc1F. The second-order valence-electron chi connectivity index (χ2n) is 3.34. The molecule has 0 radical (unpaired) electrons. The van der Waals surface area contributed by atoms with Gasteiger partial charge in [-0.25, -0.2) is 18.2 Å². The van der Waals surface area contributed by atoms with E-state index in [-0.39, 0.29) is 26.5 Å². The van der Waals surface area contributed by atoms with Gasteiger partial charge in [0.25, 0.3) is 0 Å². The number of nitrogens with zero attached hydrogens (tertiary/aromatic N) is 1. The van der Waals surface area contributed by atoms with Gasteiger partial charge in [-0.2, -0.15) is 0 Å². The second-order valence-corrected chi connectivity index (χ2v) is 4.51. The Labute approximate surface area is 115 Å². The summed E-state index contributed by atoms with van der Waals surface area (Å²) >= 11 is 17.1. The summed E-state index contributed by atoms with van der Waals surface area (Å²) in [5.74, 6) is -3.51. The van der Waals surface area contributed by atoms with Gasteiger partial charge in [-0.15, -0.1) is 0 Å². The minimum atomic E-state index is -1.30. The highest BCUT2D eigenvalue weighted by molar-refractivity contribution is 6.42. The Morgan fingerprint density at radius 1 is 0.778 bits per heavy atom. The van der Waals surface area contributed by atoms with Crippen LogP contribution in [0.25, 0.3) is 11.3 Å². The van der Waals surface area contributed by atoms with Crippen LogP contribution >= 0.6 is 34.8 Å². The maximum Gasteiger partial charge on any atom is 0.161 e. The molecule has 0 spiro atoms. The first kappa shape index (κ1) is 13.5. The molecule has 0 N–H and O–H groups in total. The summed E-state index contributed by atoms with van der Waals surface area (Å²) in [5.41, 5.74) is -0.403. The zero-order chi connectivity index (χ0) is 13.4. The number of rotatable bonds is 1. The normalized spacial score (nSPS) is 10.8. The third kappa shape index (κ3) is 2.41. The van der Waals surface area contributed by atoms with Crippen LogP contribution in [0.3, 0.4) is 0 Å². The van der Waals surface area contributed by atoms with Crippen molar-refractivity contribution in [2.45, 2.75) is 0 Å². The van der Waals surface area contributed by atoms with Gasteiger partial charge in [0.1, 0.15) is 11.0 Å². The average Bonchev–Trinajstić information content (AvgIpc) is 2.29. The monoisotopic (exact) mass is 311 g/mol. The molecule has 0 atom stereocenters. The van der Waals surface area contributed by atoms with Gasteiger partial charge in [0, 0.05) is 11.6 Å². The Morgan fingerprint density at radius 2 is 1.39 bits per heavy atom. The fraction of sp³-hybridized carbons (Fsp3) is 0. The molecule has 2 rings (SSSR count). The summed E-state index contributed by atoms with van der Waals surface area (Å²) < 4.78 is 39.4. The molecule has 1 heterocycles. The van der Waals surface area contributed by atoms with E-state index >= 15 is 0 Å². The molecule has 2 aromatic rings. The number of pyridine rings is 1. The van der Waals surface area contributed by atoms with Crippen LogP contribution in [0.1, 0.15) is 0 Å². The lowest BCUT2D eigenvalue weighted by molar-refractivity contribution is 0.496. The van der Waals surface area contributed by atoms with Crippen molar-refractivity contribution in [3.05, 3.63) is 50.8 Å². The topological polar surface area (TPSA) is 12.9 Å². The number of benzene rings is 1. The average molecular weight is 313 g/mol. The van der Waals surface area contributed by atoms with Crippen molar-refractivity contribution in [1.82, 2.24) is 4.98 Å². The molecule has 0 bridgehead atoms. The van der Waals surface area contributed by atoms with Gasteiger partial charge in [0.2, 0.25) is 0 Å². The maximum absolute atomic E-state index is 13.5. The van der Waals surface area contributed by atoms with Gasteiger partial charge in [-0.05, 0) is 12.1 Å². The van der Waals surface area contributed by atoms with Crippen LogP contribution in [0.15, 0.2) is 18.2 Å². The van der Waals surface area contributed by atoms with E-state index in [4.69, 9.17) is 34.8 Å². The molecular formula is C11H3Cl3F3N. The second kappa shape index (κ2) is 4.96. The molecule has 0 saturated heterocycles. The van der Waals surface area contributed by atoms with Crippen LogP contribution in [-0.4, -0.2) is 4.98 Å². The zero-order valence-electron chi connectivity index (χ0n) is 8.45. The molecule has 0 aliphatic carbocycles. The van der Waals surface area contributed by atoms with Crippen molar-refractivity contribution in [2.24, 2.45) is 0 Å². The number of hydrogen-bond donors (Lipinski definition) is 0. The first-order chi connectivity index (χ1) is 8.40. The molecule has 7 heteroatoms. The molecule has 0 aliphatic heterocycles. The summed E-state index contributed by atoms with van der Waals surface area (Å²) in [5, 5.41) is -0.0529. The zero-order valence-corrected chi connectivity index (χ0v) is 10.7. The van der Waals surface area contributed by atoms with Crippen LogP contribution in [0.4, 0.5) is 13.2 Å². The van der Waals surface area contributed by atoms with Crippen molar-refractivity contribution in [3.8, 4) is 11.3 Å². The molecule has 94 valence electrons. The Hall–Kier alpha value is -0.970. The van der Waals surface area contributed by atoms with Gasteiger partial charge in [-0.1, -0.05) is 34.8 Å². The summed E-state index contributed by atoms with van der Waals surface area (Å²) in [4.78, 5) is 3.75. The van der Waals surface area contributed by atoms with E-state index in [0.717, 1.165) is 0 Å². The van der Waals surface area contributed by atoms with Crippen molar-refractivity contribution >= 4 is 34.8 Å². The molecule has 0 aliphatic rings. The molecule has 1 aromatic heterocycles. The largest absolute Gasteiger partial charge is 0.233 e. The molecule has 0 fully saturated rings. The lowest BCUT2D eigenvalue weighted by atomic mass is 10.1. The van der Waals surface area contributed by atoms with Gasteiger partial charge in [-0.3, -0.25) is 0 Å². The van der Waals surface area contributed by atoms with E-state index in [1.807, 2.05) is 0 Å². The fourth-order valence-electron chi connectivity index (χ4n) is 1.34. The van der Waals surface area contributed by atoms with Crippen molar-refractivity contribution in [3.63, 3.8) is 0 Å². The lowest BCUT2D eigenvalue weighted by Crippen LogP contribution is -1.94. The third-order valence-electron chi connectivity index (χ3n) is 2.15. The molecule has 0 unspecified atom stereocenters. The van der Waals surface area contributed by atoms with E-state index in [9.17, 15) is 13.2 Å². The number of aromatic nitrogens is 1. The van der Waals surface area contributed by atoms with Crippen molar-refractivity contribution in [1.29, 1.82) is 0 Å². The van der Waals surface area contributed by atoms with Crippen LogP contribution in [-0.2, 0) is 0 Å². The predicted octanol–water partition coefficient (Wildman–Crippen LogP) is 5.13. The molecular weight excluding hydrogens is 309 g/mol. The highest BCUT2D eigenvalue weighted by Crippen LogP contribution is 2.34. The van der Waals surface area contributed by atoms with Crippen molar-refractivity contribution < 1.29 is 13.2 Å². The van der Waals surface area contributed by atoms with Gasteiger partial charge in [0.15, 0.2) is 11.6 Å². The van der Waals surface area contributed by atoms with Crippen LogP contribution in [0.5, 0.6) is 0 Å². The van der Waals surface area contributed by atoms with Gasteiger partial charge in [0.05, 0.1) is 15.7 Å². The summed E-state index contributed by atoms with van der Waals surface area (Å²) in [7, 11) is 0. The highest BCUT2D eigenvalue weighted by Gasteiger charge is 2.17. The minimum Gasteiger partial charge on any atom is -0.233 e. The van der Waals surface area contributed by atoms with E-state index in [1.165, 1.54) is 6.07 Å². The highest BCUT2D eigenvalue weighted by atomic mass is 35.5. The van der Waals surface area contributed by atoms with E-state index in [1.54, 1.807) is 0 Å². The summed E-state index contributed by atoms with van der Waals surface area (Å²) in [6.45, 7) is 0. The Balaban J connectivity index is 2.69. The quantitative estimate of drug-likeness (QED) is 0.526. The Morgan fingerprint density at radius 3 is 2.06 bits per heavy atom. The third-order valence-corrected chi connectivity index (χ3v) is 3.11. The van der Waals surface area contributed by atoms with Crippen LogP contribution in [0, 0.1) is 17.5 Å². The minimum absolute atomic E-state index is 0.0192. The molecule has 18 heavy (non-hydrogen) atoms. The predicted molar refractivity (Wildman–Crippen MR) is 64.6 cm³/mol. The Bertz CT molecular complexity index is 576. The number of hydrogen-bond acceptors (Lipinski definition) is 1. The lowest BCUT2D eigenvalue weighted by Gasteiger charge is -2.07. The van der Waals surface area contributed by atoms with Crippen LogP contribution < -0.4 is 0 Å². The van der Waals surface area contributed by atoms with E-state index < -0.39 is 17.5 Å².